The number of amides is 2. The van der Waals surface area contributed by atoms with E-state index in [9.17, 15) is 9.59 Å². The van der Waals surface area contributed by atoms with Crippen molar-refractivity contribution < 1.29 is 14.3 Å². The van der Waals surface area contributed by atoms with Gasteiger partial charge in [0.2, 0.25) is 5.91 Å². The van der Waals surface area contributed by atoms with Crippen LogP contribution in [0.2, 0.25) is 0 Å². The molecule has 0 aromatic carbocycles. The predicted molar refractivity (Wildman–Crippen MR) is 77.9 cm³/mol. The summed E-state index contributed by atoms with van der Waals surface area (Å²) in [5.41, 5.74) is -0.336. The van der Waals surface area contributed by atoms with Crippen molar-refractivity contribution in [1.29, 1.82) is 0 Å². The summed E-state index contributed by atoms with van der Waals surface area (Å²) < 4.78 is 5.41. The Morgan fingerprint density at radius 1 is 1.50 bits per heavy atom. The quantitative estimate of drug-likeness (QED) is 0.919. The lowest BCUT2D eigenvalue weighted by molar-refractivity contribution is -0.147. The normalized spacial score (nSPS) is 19.4. The maximum absolute atomic E-state index is 12.5. The van der Waals surface area contributed by atoms with Gasteiger partial charge in [0.1, 0.15) is 6.04 Å². The first-order valence-electron chi connectivity index (χ1n) is 6.65. The van der Waals surface area contributed by atoms with Gasteiger partial charge in [-0.2, -0.15) is 0 Å². The Morgan fingerprint density at radius 2 is 2.25 bits per heavy atom. The first-order valence-corrected chi connectivity index (χ1v) is 7.53. The van der Waals surface area contributed by atoms with E-state index < -0.39 is 6.04 Å². The van der Waals surface area contributed by atoms with Gasteiger partial charge in [-0.3, -0.25) is 9.59 Å². The number of morpholine rings is 1. The largest absolute Gasteiger partial charge is 0.377 e. The number of carbonyl (C=O) groups is 2. The molecule has 2 heterocycles. The van der Waals surface area contributed by atoms with E-state index in [0.29, 0.717) is 24.6 Å². The van der Waals surface area contributed by atoms with E-state index in [-0.39, 0.29) is 17.4 Å². The van der Waals surface area contributed by atoms with Crippen LogP contribution in [0.15, 0.2) is 17.5 Å². The Labute approximate surface area is 122 Å². The van der Waals surface area contributed by atoms with E-state index in [4.69, 9.17) is 4.74 Å². The molecule has 6 heteroatoms. The lowest BCUT2D eigenvalue weighted by atomic mass is 10.0. The molecule has 1 fully saturated rings. The SMILES string of the molecule is CC(NC(=O)c1cccs1)C(=O)N1CCOCC1(C)C. The molecule has 1 aliphatic rings. The van der Waals surface area contributed by atoms with Crippen LogP contribution in [0.5, 0.6) is 0 Å². The fraction of sp³-hybridized carbons (Fsp3) is 0.571. The van der Waals surface area contributed by atoms with E-state index >= 15 is 0 Å². The van der Waals surface area contributed by atoms with Gasteiger partial charge in [0.05, 0.1) is 23.6 Å². The Bertz CT molecular complexity index is 485. The van der Waals surface area contributed by atoms with Crippen LogP contribution in [0.25, 0.3) is 0 Å². The minimum atomic E-state index is -0.540. The molecule has 2 amide bonds. The van der Waals surface area contributed by atoms with Gasteiger partial charge in [-0.15, -0.1) is 11.3 Å². The van der Waals surface area contributed by atoms with Crippen molar-refractivity contribution in [1.82, 2.24) is 10.2 Å². The molecule has 1 N–H and O–H groups in total. The van der Waals surface area contributed by atoms with Gasteiger partial charge in [-0.1, -0.05) is 6.07 Å². The summed E-state index contributed by atoms with van der Waals surface area (Å²) in [7, 11) is 0. The van der Waals surface area contributed by atoms with Crippen molar-refractivity contribution >= 4 is 23.2 Å². The second kappa shape index (κ2) is 5.93. The highest BCUT2D eigenvalue weighted by Crippen LogP contribution is 2.20. The summed E-state index contributed by atoms with van der Waals surface area (Å²) in [6, 6.07) is 3.02. The van der Waals surface area contributed by atoms with Crippen molar-refractivity contribution in [2.75, 3.05) is 19.8 Å². The summed E-state index contributed by atoms with van der Waals surface area (Å²) in [5, 5.41) is 4.60. The fourth-order valence-corrected chi connectivity index (χ4v) is 2.86. The Hall–Kier alpha value is -1.40. The zero-order valence-corrected chi connectivity index (χ0v) is 12.8. The molecule has 1 aromatic rings. The van der Waals surface area contributed by atoms with Crippen LogP contribution in [0.1, 0.15) is 30.4 Å². The van der Waals surface area contributed by atoms with Gasteiger partial charge in [0, 0.05) is 6.54 Å². The zero-order valence-electron chi connectivity index (χ0n) is 12.0. The van der Waals surface area contributed by atoms with Gasteiger partial charge in [0.15, 0.2) is 0 Å². The molecule has 1 saturated heterocycles. The predicted octanol–water partition coefficient (Wildman–Crippen LogP) is 1.50. The smallest absolute Gasteiger partial charge is 0.261 e. The minimum Gasteiger partial charge on any atom is -0.377 e. The lowest BCUT2D eigenvalue weighted by Gasteiger charge is -2.43. The molecule has 1 atom stereocenters. The van der Waals surface area contributed by atoms with Crippen LogP contribution in [-0.2, 0) is 9.53 Å². The molecule has 2 rings (SSSR count). The number of nitrogens with zero attached hydrogens (tertiary/aromatic N) is 1. The van der Waals surface area contributed by atoms with Crippen molar-refractivity contribution in [2.24, 2.45) is 0 Å². The first kappa shape index (κ1) is 15.0. The summed E-state index contributed by atoms with van der Waals surface area (Å²) in [6.07, 6.45) is 0. The second-order valence-corrected chi connectivity index (χ2v) is 6.48. The standard InChI is InChI=1S/C14H20N2O3S/c1-10(15-12(17)11-5-4-8-20-11)13(18)16-6-7-19-9-14(16,2)3/h4-5,8,10H,6-7,9H2,1-3H3,(H,15,17). The average molecular weight is 296 g/mol. The summed E-state index contributed by atoms with van der Waals surface area (Å²) in [5.74, 6) is -0.268. The molecule has 110 valence electrons. The zero-order chi connectivity index (χ0) is 14.8. The third-order valence-corrected chi connectivity index (χ3v) is 4.24. The Morgan fingerprint density at radius 3 is 2.85 bits per heavy atom. The van der Waals surface area contributed by atoms with Gasteiger partial charge >= 0.3 is 0 Å². The summed E-state index contributed by atoms with van der Waals surface area (Å²) in [6.45, 7) is 7.28. The van der Waals surface area contributed by atoms with Crippen LogP contribution in [0.3, 0.4) is 0 Å². The molecule has 0 saturated carbocycles. The monoisotopic (exact) mass is 296 g/mol. The Balaban J connectivity index is 1.99. The van der Waals surface area contributed by atoms with Gasteiger partial charge < -0.3 is 15.0 Å². The van der Waals surface area contributed by atoms with E-state index in [1.807, 2.05) is 25.3 Å². The number of hydrogen-bond acceptors (Lipinski definition) is 4. The van der Waals surface area contributed by atoms with Gasteiger partial charge in [-0.05, 0) is 32.2 Å². The molecular weight excluding hydrogens is 276 g/mol. The van der Waals surface area contributed by atoms with Crippen LogP contribution < -0.4 is 5.32 Å². The molecule has 0 radical (unpaired) electrons. The highest BCUT2D eigenvalue weighted by atomic mass is 32.1. The molecule has 20 heavy (non-hydrogen) atoms. The van der Waals surface area contributed by atoms with E-state index in [1.54, 1.807) is 17.9 Å². The number of hydrogen-bond donors (Lipinski definition) is 1. The molecule has 5 nitrogen and oxygen atoms in total. The molecular formula is C14H20N2O3S. The van der Waals surface area contributed by atoms with Crippen LogP contribution in [0, 0.1) is 0 Å². The number of carbonyl (C=O) groups excluding carboxylic acids is 2. The molecule has 1 aromatic heterocycles. The van der Waals surface area contributed by atoms with Crippen LogP contribution in [-0.4, -0.2) is 48.1 Å². The van der Waals surface area contributed by atoms with E-state index in [0.717, 1.165) is 0 Å². The first-order chi connectivity index (χ1) is 9.42. The highest BCUT2D eigenvalue weighted by molar-refractivity contribution is 7.12. The third kappa shape index (κ3) is 3.19. The topological polar surface area (TPSA) is 58.6 Å². The Kier molecular flexibility index (Phi) is 4.45. The van der Waals surface area contributed by atoms with Crippen molar-refractivity contribution in [2.45, 2.75) is 32.4 Å². The van der Waals surface area contributed by atoms with Crippen molar-refractivity contribution in [3.63, 3.8) is 0 Å². The number of nitrogens with one attached hydrogen (secondary N) is 1. The summed E-state index contributed by atoms with van der Waals surface area (Å²) in [4.78, 5) is 26.9. The second-order valence-electron chi connectivity index (χ2n) is 5.53. The maximum Gasteiger partial charge on any atom is 0.261 e. The van der Waals surface area contributed by atoms with Gasteiger partial charge in [-0.25, -0.2) is 0 Å². The maximum atomic E-state index is 12.5. The van der Waals surface area contributed by atoms with Crippen LogP contribution >= 0.6 is 11.3 Å². The van der Waals surface area contributed by atoms with Gasteiger partial charge in [0.25, 0.3) is 5.91 Å². The fourth-order valence-electron chi connectivity index (χ4n) is 2.24. The number of rotatable bonds is 3. The highest BCUT2D eigenvalue weighted by Gasteiger charge is 2.36. The molecule has 1 aliphatic heterocycles. The van der Waals surface area contributed by atoms with Crippen molar-refractivity contribution in [3.05, 3.63) is 22.4 Å². The van der Waals surface area contributed by atoms with Crippen molar-refractivity contribution in [3.8, 4) is 0 Å². The number of ether oxygens (including phenoxy) is 1. The van der Waals surface area contributed by atoms with E-state index in [1.165, 1.54) is 11.3 Å². The minimum absolute atomic E-state index is 0.0665. The van der Waals surface area contributed by atoms with Crippen LogP contribution in [0.4, 0.5) is 0 Å². The van der Waals surface area contributed by atoms with E-state index in [2.05, 4.69) is 5.32 Å². The molecule has 1 unspecified atom stereocenters. The lowest BCUT2D eigenvalue weighted by Crippen LogP contribution is -2.59. The summed E-state index contributed by atoms with van der Waals surface area (Å²) >= 11 is 1.36. The average Bonchev–Trinajstić information content (AvgIpc) is 2.91. The molecule has 0 spiro atoms. The molecule has 0 aliphatic carbocycles. The third-order valence-electron chi connectivity index (χ3n) is 3.37. The molecule has 0 bridgehead atoms. The number of thiophene rings is 1.